The van der Waals surface area contributed by atoms with Crippen molar-refractivity contribution in [1.82, 2.24) is 19.7 Å². The van der Waals surface area contributed by atoms with Crippen LogP contribution in [-0.2, 0) is 18.3 Å². The second-order valence-corrected chi connectivity index (χ2v) is 6.92. The number of carbonyl (C=O) groups excluding carboxylic acids is 1. The van der Waals surface area contributed by atoms with Gasteiger partial charge in [0.25, 0.3) is 0 Å². The number of hydrogen-bond acceptors (Lipinski definition) is 4. The van der Waals surface area contributed by atoms with E-state index in [1.807, 2.05) is 31.3 Å². The largest absolute Gasteiger partial charge is 0.342 e. The average Bonchev–Trinajstić information content (AvgIpc) is 3.13. The smallest absolute Gasteiger partial charge is 0.222 e. The molecule has 5 nitrogen and oxygen atoms in total. The predicted molar refractivity (Wildman–Crippen MR) is 86.9 cm³/mol. The molecule has 3 heterocycles. The summed E-state index contributed by atoms with van der Waals surface area (Å²) in [5.74, 6) is 0.664. The zero-order chi connectivity index (χ0) is 15.5. The van der Waals surface area contributed by atoms with Crippen LogP contribution in [-0.4, -0.2) is 38.7 Å². The van der Waals surface area contributed by atoms with Crippen LogP contribution in [0, 0.1) is 6.92 Å². The first-order valence-corrected chi connectivity index (χ1v) is 8.67. The molecule has 2 aromatic heterocycles. The van der Waals surface area contributed by atoms with Gasteiger partial charge in [-0.1, -0.05) is 0 Å². The highest BCUT2D eigenvalue weighted by atomic mass is 32.1. The second-order valence-electron chi connectivity index (χ2n) is 6.03. The van der Waals surface area contributed by atoms with E-state index in [0.29, 0.717) is 12.3 Å². The van der Waals surface area contributed by atoms with Crippen molar-refractivity contribution in [2.75, 3.05) is 13.1 Å². The minimum Gasteiger partial charge on any atom is -0.342 e. The van der Waals surface area contributed by atoms with E-state index < -0.39 is 0 Å². The van der Waals surface area contributed by atoms with E-state index in [4.69, 9.17) is 0 Å². The molecule has 3 rings (SSSR count). The van der Waals surface area contributed by atoms with Gasteiger partial charge in [0.15, 0.2) is 0 Å². The van der Waals surface area contributed by atoms with E-state index in [2.05, 4.69) is 15.5 Å². The van der Waals surface area contributed by atoms with Crippen molar-refractivity contribution < 1.29 is 4.79 Å². The molecule has 0 aliphatic carbocycles. The van der Waals surface area contributed by atoms with Crippen LogP contribution < -0.4 is 0 Å². The Bertz CT molecular complexity index is 648. The van der Waals surface area contributed by atoms with E-state index >= 15 is 0 Å². The van der Waals surface area contributed by atoms with Crippen molar-refractivity contribution in [2.45, 2.75) is 38.5 Å². The maximum absolute atomic E-state index is 12.4. The van der Waals surface area contributed by atoms with Gasteiger partial charge in [-0.25, -0.2) is 4.98 Å². The topological polar surface area (TPSA) is 51.0 Å². The fourth-order valence-electron chi connectivity index (χ4n) is 2.98. The summed E-state index contributed by atoms with van der Waals surface area (Å²) in [6.45, 7) is 3.73. The maximum Gasteiger partial charge on any atom is 0.222 e. The van der Waals surface area contributed by atoms with E-state index in [9.17, 15) is 4.79 Å². The number of nitrogens with zero attached hydrogens (tertiary/aromatic N) is 4. The summed E-state index contributed by atoms with van der Waals surface area (Å²) < 4.78 is 1.78. The number of hydrogen-bond donors (Lipinski definition) is 0. The van der Waals surface area contributed by atoms with E-state index in [0.717, 1.165) is 43.6 Å². The predicted octanol–water partition coefficient (Wildman–Crippen LogP) is 2.52. The van der Waals surface area contributed by atoms with Crippen molar-refractivity contribution in [3.63, 3.8) is 0 Å². The third-order valence-electron chi connectivity index (χ3n) is 4.15. The molecule has 0 saturated carbocycles. The number of thiazole rings is 1. The summed E-state index contributed by atoms with van der Waals surface area (Å²) in [7, 11) is 1.90. The molecule has 1 aliphatic rings. The second kappa shape index (κ2) is 6.60. The van der Waals surface area contributed by atoms with Gasteiger partial charge in [-0.05, 0) is 31.7 Å². The highest BCUT2D eigenvalue weighted by molar-refractivity contribution is 7.09. The van der Waals surface area contributed by atoms with Gasteiger partial charge in [0, 0.05) is 49.7 Å². The molecule has 6 heteroatoms. The minimum absolute atomic E-state index is 0.252. The third-order valence-corrected chi connectivity index (χ3v) is 5.27. The first-order chi connectivity index (χ1) is 10.6. The number of aromatic nitrogens is 3. The standard InChI is InChI=1S/C16H22N4OS/c1-12-11-22-16(18-12)14-4-3-7-20(10-14)15(21)6-5-13-8-17-19(2)9-13/h8-9,11,14H,3-7,10H2,1-2H3/t14-/m1/s1. The molecule has 1 fully saturated rings. The Kier molecular flexibility index (Phi) is 4.57. The monoisotopic (exact) mass is 318 g/mol. The molecule has 2 aromatic rings. The Hall–Kier alpha value is -1.69. The third kappa shape index (κ3) is 3.55. The Balaban J connectivity index is 1.55. The lowest BCUT2D eigenvalue weighted by Crippen LogP contribution is -2.39. The highest BCUT2D eigenvalue weighted by Gasteiger charge is 2.26. The highest BCUT2D eigenvalue weighted by Crippen LogP contribution is 2.29. The molecule has 0 spiro atoms. The number of rotatable bonds is 4. The zero-order valence-electron chi connectivity index (χ0n) is 13.2. The van der Waals surface area contributed by atoms with Crippen molar-refractivity contribution in [2.24, 2.45) is 7.05 Å². The zero-order valence-corrected chi connectivity index (χ0v) is 14.0. The summed E-state index contributed by atoms with van der Waals surface area (Å²) in [6, 6.07) is 0. The molecule has 1 aliphatic heterocycles. The summed E-state index contributed by atoms with van der Waals surface area (Å²) in [6.07, 6.45) is 7.36. The SMILES string of the molecule is Cc1csc([C@@H]2CCCN(C(=O)CCc3cnn(C)c3)C2)n1. The summed E-state index contributed by atoms with van der Waals surface area (Å²) in [5.41, 5.74) is 2.21. The lowest BCUT2D eigenvalue weighted by molar-refractivity contribution is -0.132. The van der Waals surface area contributed by atoms with Crippen LogP contribution >= 0.6 is 11.3 Å². The normalized spacial score (nSPS) is 18.6. The maximum atomic E-state index is 12.4. The molecule has 1 amide bonds. The Morgan fingerprint density at radius 3 is 3.05 bits per heavy atom. The number of likely N-dealkylation sites (tertiary alicyclic amines) is 1. The van der Waals surface area contributed by atoms with Gasteiger partial charge in [0.2, 0.25) is 5.91 Å². The van der Waals surface area contributed by atoms with Crippen LogP contribution in [0.2, 0.25) is 0 Å². The average molecular weight is 318 g/mol. The Labute approximate surface area is 135 Å². The molecule has 0 unspecified atom stereocenters. The van der Waals surface area contributed by atoms with Crippen molar-refractivity contribution in [1.29, 1.82) is 0 Å². The Morgan fingerprint density at radius 1 is 1.50 bits per heavy atom. The molecule has 1 saturated heterocycles. The molecule has 0 bridgehead atoms. The van der Waals surface area contributed by atoms with Crippen molar-refractivity contribution in [3.8, 4) is 0 Å². The lowest BCUT2D eigenvalue weighted by atomic mass is 9.98. The van der Waals surface area contributed by atoms with Crippen LogP contribution in [0.1, 0.15) is 41.4 Å². The van der Waals surface area contributed by atoms with Gasteiger partial charge in [-0.3, -0.25) is 9.48 Å². The van der Waals surface area contributed by atoms with Crippen molar-refractivity contribution >= 4 is 17.2 Å². The lowest BCUT2D eigenvalue weighted by Gasteiger charge is -2.32. The van der Waals surface area contributed by atoms with Gasteiger partial charge in [0.05, 0.1) is 11.2 Å². The van der Waals surface area contributed by atoms with Gasteiger partial charge in [0.1, 0.15) is 0 Å². The van der Waals surface area contributed by atoms with Gasteiger partial charge in [-0.2, -0.15) is 5.10 Å². The molecule has 1 atom stereocenters. The van der Waals surface area contributed by atoms with Gasteiger partial charge < -0.3 is 4.90 Å². The van der Waals surface area contributed by atoms with Gasteiger partial charge in [-0.15, -0.1) is 11.3 Å². The van der Waals surface area contributed by atoms with Crippen LogP contribution in [0.4, 0.5) is 0 Å². The molecule has 0 N–H and O–H groups in total. The summed E-state index contributed by atoms with van der Waals surface area (Å²) in [4.78, 5) is 19.1. The summed E-state index contributed by atoms with van der Waals surface area (Å²) in [5, 5.41) is 7.42. The number of aryl methyl sites for hydroxylation is 3. The van der Waals surface area contributed by atoms with E-state index in [1.165, 1.54) is 5.01 Å². The van der Waals surface area contributed by atoms with Crippen LogP contribution in [0.5, 0.6) is 0 Å². The van der Waals surface area contributed by atoms with E-state index in [1.54, 1.807) is 16.0 Å². The fourth-order valence-corrected chi connectivity index (χ4v) is 3.90. The number of piperidine rings is 1. The number of amides is 1. The number of carbonyl (C=O) groups is 1. The summed E-state index contributed by atoms with van der Waals surface area (Å²) >= 11 is 1.72. The molecule has 22 heavy (non-hydrogen) atoms. The van der Waals surface area contributed by atoms with Crippen molar-refractivity contribution in [3.05, 3.63) is 34.0 Å². The first kappa shape index (κ1) is 15.2. The van der Waals surface area contributed by atoms with Crippen LogP contribution in [0.15, 0.2) is 17.8 Å². The fraction of sp³-hybridized carbons (Fsp3) is 0.562. The molecule has 118 valence electrons. The molecule has 0 radical (unpaired) electrons. The molecule has 0 aromatic carbocycles. The molecular weight excluding hydrogens is 296 g/mol. The van der Waals surface area contributed by atoms with Crippen LogP contribution in [0.3, 0.4) is 0 Å². The first-order valence-electron chi connectivity index (χ1n) is 7.79. The quantitative estimate of drug-likeness (QED) is 0.870. The minimum atomic E-state index is 0.252. The van der Waals surface area contributed by atoms with Gasteiger partial charge >= 0.3 is 0 Å². The van der Waals surface area contributed by atoms with E-state index in [-0.39, 0.29) is 5.91 Å². The van der Waals surface area contributed by atoms with Crippen LogP contribution in [0.25, 0.3) is 0 Å². The Morgan fingerprint density at radius 2 is 2.36 bits per heavy atom. The molecular formula is C16H22N4OS.